The Hall–Kier alpha value is -2.37. The van der Waals surface area contributed by atoms with E-state index in [4.69, 9.17) is 5.11 Å². The molecule has 1 saturated heterocycles. The number of piperidine rings is 1. The summed E-state index contributed by atoms with van der Waals surface area (Å²) in [5.41, 5.74) is 1.66. The SMILES string of the molecule is CCc1nc2ccc(C(=O)O)cc2n1C1CCCNC1=O. The number of imidazole rings is 1. The Kier molecular flexibility index (Phi) is 3.37. The fourth-order valence-electron chi connectivity index (χ4n) is 2.88. The summed E-state index contributed by atoms with van der Waals surface area (Å²) in [6, 6.07) is 4.55. The van der Waals surface area contributed by atoms with E-state index in [0.717, 1.165) is 24.2 Å². The number of hydrogen-bond acceptors (Lipinski definition) is 3. The van der Waals surface area contributed by atoms with Crippen molar-refractivity contribution in [2.45, 2.75) is 32.2 Å². The summed E-state index contributed by atoms with van der Waals surface area (Å²) in [7, 11) is 0. The fraction of sp³-hybridized carbons (Fsp3) is 0.400. The molecule has 2 N–H and O–H groups in total. The number of rotatable bonds is 3. The number of carboxylic acid groups (broad SMARTS) is 1. The van der Waals surface area contributed by atoms with Crippen molar-refractivity contribution in [3.8, 4) is 0 Å². The molecule has 2 heterocycles. The van der Waals surface area contributed by atoms with Crippen LogP contribution in [-0.4, -0.2) is 33.1 Å². The largest absolute Gasteiger partial charge is 0.478 e. The molecule has 0 spiro atoms. The lowest BCUT2D eigenvalue weighted by Gasteiger charge is -2.25. The minimum Gasteiger partial charge on any atom is -0.478 e. The number of aromatic carboxylic acids is 1. The number of carbonyl (C=O) groups excluding carboxylic acids is 1. The van der Waals surface area contributed by atoms with E-state index >= 15 is 0 Å². The molecule has 1 aliphatic rings. The smallest absolute Gasteiger partial charge is 0.335 e. The second-order valence-electron chi connectivity index (χ2n) is 5.21. The van der Waals surface area contributed by atoms with Crippen LogP contribution in [0.3, 0.4) is 0 Å². The molecular weight excluding hydrogens is 270 g/mol. The van der Waals surface area contributed by atoms with Gasteiger partial charge in [0.1, 0.15) is 11.9 Å². The van der Waals surface area contributed by atoms with Gasteiger partial charge in [-0.3, -0.25) is 4.79 Å². The molecule has 1 amide bonds. The molecule has 0 bridgehead atoms. The molecule has 6 nitrogen and oxygen atoms in total. The number of carboxylic acids is 1. The lowest BCUT2D eigenvalue weighted by Crippen LogP contribution is -2.38. The minimum atomic E-state index is -0.976. The lowest BCUT2D eigenvalue weighted by atomic mass is 10.1. The van der Waals surface area contributed by atoms with Crippen LogP contribution in [0.15, 0.2) is 18.2 Å². The molecular formula is C15H17N3O3. The van der Waals surface area contributed by atoms with E-state index in [1.54, 1.807) is 18.2 Å². The van der Waals surface area contributed by atoms with E-state index in [1.165, 1.54) is 0 Å². The summed E-state index contributed by atoms with van der Waals surface area (Å²) >= 11 is 0. The van der Waals surface area contributed by atoms with Crippen LogP contribution in [0.1, 0.15) is 42.0 Å². The number of carbonyl (C=O) groups is 2. The zero-order valence-electron chi connectivity index (χ0n) is 11.8. The predicted molar refractivity (Wildman–Crippen MR) is 77.4 cm³/mol. The maximum absolute atomic E-state index is 12.1. The predicted octanol–water partition coefficient (Wildman–Crippen LogP) is 1.75. The highest BCUT2D eigenvalue weighted by atomic mass is 16.4. The first-order chi connectivity index (χ1) is 10.1. The van der Waals surface area contributed by atoms with Crippen LogP contribution in [0.2, 0.25) is 0 Å². The number of nitrogens with zero attached hydrogens (tertiary/aromatic N) is 2. The second-order valence-corrected chi connectivity index (χ2v) is 5.21. The fourth-order valence-corrected chi connectivity index (χ4v) is 2.88. The van der Waals surface area contributed by atoms with Gasteiger partial charge in [0, 0.05) is 13.0 Å². The highest BCUT2D eigenvalue weighted by Gasteiger charge is 2.27. The van der Waals surface area contributed by atoms with Crippen LogP contribution >= 0.6 is 0 Å². The summed E-state index contributed by atoms with van der Waals surface area (Å²) in [6.07, 6.45) is 2.36. The van der Waals surface area contributed by atoms with Crippen molar-refractivity contribution in [1.82, 2.24) is 14.9 Å². The quantitative estimate of drug-likeness (QED) is 0.900. The van der Waals surface area contributed by atoms with Crippen LogP contribution in [0.4, 0.5) is 0 Å². The van der Waals surface area contributed by atoms with Gasteiger partial charge in [-0.15, -0.1) is 0 Å². The Bertz CT molecular complexity index is 720. The van der Waals surface area contributed by atoms with Crippen molar-refractivity contribution in [1.29, 1.82) is 0 Å². The average molecular weight is 287 g/mol. The van der Waals surface area contributed by atoms with E-state index in [-0.39, 0.29) is 17.5 Å². The van der Waals surface area contributed by atoms with Crippen molar-refractivity contribution in [3.63, 3.8) is 0 Å². The molecule has 0 aliphatic carbocycles. The third-order valence-corrected chi connectivity index (χ3v) is 3.89. The number of benzene rings is 1. The van der Waals surface area contributed by atoms with Gasteiger partial charge in [0.2, 0.25) is 5.91 Å². The summed E-state index contributed by atoms with van der Waals surface area (Å²) in [4.78, 5) is 27.8. The van der Waals surface area contributed by atoms with Crippen molar-refractivity contribution in [2.24, 2.45) is 0 Å². The molecule has 110 valence electrons. The lowest BCUT2D eigenvalue weighted by molar-refractivity contribution is -0.125. The molecule has 3 rings (SSSR count). The van der Waals surface area contributed by atoms with Crippen LogP contribution in [0.25, 0.3) is 11.0 Å². The minimum absolute atomic E-state index is 0.0176. The van der Waals surface area contributed by atoms with Gasteiger partial charge in [-0.2, -0.15) is 0 Å². The standard InChI is InChI=1S/C15H17N3O3/c1-2-13-17-10-6-5-9(15(20)21)8-12(10)18(13)11-4-3-7-16-14(11)19/h5-6,8,11H,2-4,7H2,1H3,(H,16,19)(H,20,21). The number of fused-ring (bicyclic) bond motifs is 1. The maximum Gasteiger partial charge on any atom is 0.335 e. The Morgan fingerprint density at radius 3 is 3.00 bits per heavy atom. The Balaban J connectivity index is 2.20. The van der Waals surface area contributed by atoms with Crippen molar-refractivity contribution in [2.75, 3.05) is 6.54 Å². The van der Waals surface area contributed by atoms with Gasteiger partial charge in [0.25, 0.3) is 0 Å². The first-order valence-corrected chi connectivity index (χ1v) is 7.13. The van der Waals surface area contributed by atoms with Crippen molar-refractivity contribution >= 4 is 22.9 Å². The van der Waals surface area contributed by atoms with E-state index in [2.05, 4.69) is 10.3 Å². The van der Waals surface area contributed by atoms with E-state index < -0.39 is 5.97 Å². The third-order valence-electron chi connectivity index (χ3n) is 3.89. The zero-order chi connectivity index (χ0) is 15.0. The monoisotopic (exact) mass is 287 g/mol. The van der Waals surface area contributed by atoms with Gasteiger partial charge < -0.3 is 15.0 Å². The number of amides is 1. The molecule has 1 aromatic carbocycles. The average Bonchev–Trinajstić information content (AvgIpc) is 2.85. The van der Waals surface area contributed by atoms with Gasteiger partial charge in [-0.1, -0.05) is 6.92 Å². The van der Waals surface area contributed by atoms with Gasteiger partial charge in [0.15, 0.2) is 0 Å². The number of hydrogen-bond donors (Lipinski definition) is 2. The first kappa shape index (κ1) is 13.6. The molecule has 1 atom stereocenters. The zero-order valence-corrected chi connectivity index (χ0v) is 11.8. The summed E-state index contributed by atoms with van der Waals surface area (Å²) in [5, 5.41) is 12.0. The molecule has 21 heavy (non-hydrogen) atoms. The molecule has 0 saturated carbocycles. The van der Waals surface area contributed by atoms with E-state index in [9.17, 15) is 9.59 Å². The van der Waals surface area contributed by atoms with Crippen LogP contribution in [-0.2, 0) is 11.2 Å². The van der Waals surface area contributed by atoms with E-state index in [1.807, 2.05) is 11.5 Å². The Morgan fingerprint density at radius 1 is 1.52 bits per heavy atom. The third kappa shape index (κ3) is 2.26. The summed E-state index contributed by atoms with van der Waals surface area (Å²) in [6.45, 7) is 2.68. The van der Waals surface area contributed by atoms with Crippen LogP contribution in [0.5, 0.6) is 0 Å². The second kappa shape index (κ2) is 5.20. The highest BCUT2D eigenvalue weighted by molar-refractivity contribution is 5.93. The normalized spacial score (nSPS) is 18.7. The molecule has 2 aromatic rings. The number of aromatic nitrogens is 2. The summed E-state index contributed by atoms with van der Waals surface area (Å²) in [5.74, 6) is -0.179. The van der Waals surface area contributed by atoms with Gasteiger partial charge in [0.05, 0.1) is 16.6 Å². The number of nitrogens with one attached hydrogen (secondary N) is 1. The molecule has 0 radical (unpaired) electrons. The van der Waals surface area contributed by atoms with Gasteiger partial charge >= 0.3 is 5.97 Å². The Morgan fingerprint density at radius 2 is 2.33 bits per heavy atom. The molecule has 1 aliphatic heterocycles. The Labute approximate surface area is 121 Å². The van der Waals surface area contributed by atoms with E-state index in [0.29, 0.717) is 18.5 Å². The van der Waals surface area contributed by atoms with Crippen molar-refractivity contribution < 1.29 is 14.7 Å². The molecule has 1 aromatic heterocycles. The molecule has 1 unspecified atom stereocenters. The molecule has 1 fully saturated rings. The van der Waals surface area contributed by atoms with Gasteiger partial charge in [-0.05, 0) is 31.0 Å². The van der Waals surface area contributed by atoms with Crippen LogP contribution < -0.4 is 5.32 Å². The first-order valence-electron chi connectivity index (χ1n) is 7.13. The number of aryl methyl sites for hydroxylation is 1. The topological polar surface area (TPSA) is 84.2 Å². The molecule has 6 heteroatoms. The van der Waals surface area contributed by atoms with Crippen molar-refractivity contribution in [3.05, 3.63) is 29.6 Å². The van der Waals surface area contributed by atoms with Crippen LogP contribution in [0, 0.1) is 0 Å². The maximum atomic E-state index is 12.1. The highest BCUT2D eigenvalue weighted by Crippen LogP contribution is 2.27. The van der Waals surface area contributed by atoms with Gasteiger partial charge in [-0.25, -0.2) is 9.78 Å². The summed E-state index contributed by atoms with van der Waals surface area (Å²) < 4.78 is 1.90.